The molecular weight excluding hydrogens is 655 g/mol. The molecule has 3 fully saturated rings. The molecule has 50 heavy (non-hydrogen) atoms. The third kappa shape index (κ3) is 6.61. The monoisotopic (exact) mass is 699 g/mol. The highest BCUT2D eigenvalue weighted by Gasteiger charge is 2.56. The lowest BCUT2D eigenvalue weighted by Gasteiger charge is -2.26. The molecule has 5 atom stereocenters. The fourth-order valence-electron chi connectivity index (χ4n) is 8.10. The Hall–Kier alpha value is -4.32. The van der Waals surface area contributed by atoms with E-state index in [9.17, 15) is 19.2 Å². The summed E-state index contributed by atoms with van der Waals surface area (Å²) in [5, 5.41) is 6.93. The molecule has 3 saturated carbocycles. The summed E-state index contributed by atoms with van der Waals surface area (Å²) in [6.07, 6.45) is 13.3. The van der Waals surface area contributed by atoms with Crippen molar-refractivity contribution in [1.29, 1.82) is 0 Å². The van der Waals surface area contributed by atoms with Gasteiger partial charge in [0.2, 0.25) is 11.8 Å². The zero-order valence-electron chi connectivity index (χ0n) is 28.7. The number of amides is 4. The summed E-state index contributed by atoms with van der Waals surface area (Å²) < 4.78 is 12.4. The van der Waals surface area contributed by atoms with E-state index < -0.39 is 41.3 Å². The Morgan fingerprint density at radius 3 is 2.62 bits per heavy atom. The Bertz CT molecular complexity index is 1840. The number of aldehydes is 1. The van der Waals surface area contributed by atoms with Crippen LogP contribution in [0.25, 0.3) is 22.3 Å². The first-order valence-corrected chi connectivity index (χ1v) is 18.8. The second-order valence-corrected chi connectivity index (χ2v) is 15.2. The summed E-state index contributed by atoms with van der Waals surface area (Å²) in [5.74, 6) is -0.888. The standard InChI is InChI=1S/C38H45N5O6S/c1-22-31(48-2)14-13-26-32(18-29(40-33(22)26)30-20-50-35(41-30)23-10-6-5-7-11-23)49-25-16-27-28(17-25)36(46)43(37(39)47)15-9-4-3-8-12-24-19-38(24,21-44)42-34(27)45/h8,12-14,18,20-21,23-25,27-28H,3-7,9-11,15-17,19H2,1-2H3,(H2,39,47)(H,42,45)/b12-8+. The fourth-order valence-corrected chi connectivity index (χ4v) is 9.08. The van der Waals surface area contributed by atoms with Gasteiger partial charge in [0.15, 0.2) is 0 Å². The predicted octanol–water partition coefficient (Wildman–Crippen LogP) is 6.22. The third-order valence-corrected chi connectivity index (χ3v) is 12.1. The van der Waals surface area contributed by atoms with Crippen LogP contribution in [0.15, 0.2) is 35.7 Å². The van der Waals surface area contributed by atoms with E-state index in [0.29, 0.717) is 36.0 Å². The normalized spacial score (nSPS) is 28.2. The van der Waals surface area contributed by atoms with Gasteiger partial charge >= 0.3 is 6.03 Å². The molecule has 0 radical (unpaired) electrons. The van der Waals surface area contributed by atoms with Gasteiger partial charge in [-0.2, -0.15) is 0 Å². The van der Waals surface area contributed by atoms with Crippen molar-refractivity contribution < 1.29 is 28.7 Å². The molecule has 4 amide bonds. The Labute approximate surface area is 296 Å². The van der Waals surface area contributed by atoms with E-state index in [2.05, 4.69) is 10.7 Å². The van der Waals surface area contributed by atoms with E-state index in [-0.39, 0.29) is 25.3 Å². The van der Waals surface area contributed by atoms with E-state index in [1.807, 2.05) is 37.3 Å². The molecule has 7 rings (SSSR count). The second kappa shape index (κ2) is 14.1. The molecule has 0 spiro atoms. The van der Waals surface area contributed by atoms with Gasteiger partial charge in [-0.25, -0.2) is 14.8 Å². The number of hydrogen-bond donors (Lipinski definition) is 2. The number of methoxy groups -OCH3 is 1. The summed E-state index contributed by atoms with van der Waals surface area (Å²) >= 11 is 1.67. The van der Waals surface area contributed by atoms with Crippen molar-refractivity contribution in [2.45, 2.75) is 95.1 Å². The topological polar surface area (TPSA) is 154 Å². The van der Waals surface area contributed by atoms with Crippen molar-refractivity contribution in [1.82, 2.24) is 20.2 Å². The summed E-state index contributed by atoms with van der Waals surface area (Å²) in [4.78, 5) is 63.8. The van der Waals surface area contributed by atoms with Gasteiger partial charge in [-0.1, -0.05) is 31.4 Å². The maximum absolute atomic E-state index is 14.0. The van der Waals surface area contributed by atoms with Crippen molar-refractivity contribution in [3.63, 3.8) is 0 Å². The molecule has 11 nitrogen and oxygen atoms in total. The number of benzene rings is 1. The summed E-state index contributed by atoms with van der Waals surface area (Å²) in [6, 6.07) is 4.85. The maximum atomic E-state index is 14.0. The number of ether oxygens (including phenoxy) is 2. The highest BCUT2D eigenvalue weighted by Crippen LogP contribution is 2.46. The molecule has 3 heterocycles. The Kier molecular flexibility index (Phi) is 9.65. The van der Waals surface area contributed by atoms with Crippen molar-refractivity contribution in [2.75, 3.05) is 13.7 Å². The van der Waals surface area contributed by atoms with Crippen molar-refractivity contribution in [3.8, 4) is 22.9 Å². The Morgan fingerprint density at radius 2 is 1.86 bits per heavy atom. The fraction of sp³-hybridized carbons (Fsp3) is 0.526. The average molecular weight is 700 g/mol. The highest BCUT2D eigenvalue weighted by molar-refractivity contribution is 7.10. The lowest BCUT2D eigenvalue weighted by molar-refractivity contribution is -0.139. The number of nitrogens with zero attached hydrogens (tertiary/aromatic N) is 3. The minimum Gasteiger partial charge on any atom is -0.496 e. The van der Waals surface area contributed by atoms with Crippen LogP contribution >= 0.6 is 11.3 Å². The van der Waals surface area contributed by atoms with Crippen LogP contribution in [-0.2, 0) is 14.4 Å². The van der Waals surface area contributed by atoms with Crippen LogP contribution in [0.5, 0.6) is 11.5 Å². The number of aromatic nitrogens is 2. The first kappa shape index (κ1) is 34.1. The van der Waals surface area contributed by atoms with Crippen molar-refractivity contribution >= 4 is 46.4 Å². The number of nitrogens with two attached hydrogens (primary N) is 1. The number of carbonyl (C=O) groups excluding carboxylic acids is 4. The SMILES string of the molecule is COc1ccc2c(OC3CC4C(=O)NC5(C=O)CC5/C=C/CCCCN(C(N)=O)C(=O)C4C3)cc(-c3csc(C4CCCCC4)n3)nc2c1C. The number of carbonyl (C=O) groups is 4. The number of rotatable bonds is 6. The van der Waals surface area contributed by atoms with E-state index in [4.69, 9.17) is 25.2 Å². The van der Waals surface area contributed by atoms with E-state index in [1.54, 1.807) is 18.4 Å². The zero-order chi connectivity index (χ0) is 35.0. The second-order valence-electron chi connectivity index (χ2n) is 14.3. The number of urea groups is 1. The van der Waals surface area contributed by atoms with Gasteiger partial charge in [-0.3, -0.25) is 14.5 Å². The van der Waals surface area contributed by atoms with E-state index in [1.165, 1.54) is 19.3 Å². The van der Waals surface area contributed by atoms with Gasteiger partial charge in [0.05, 0.1) is 40.9 Å². The predicted molar refractivity (Wildman–Crippen MR) is 190 cm³/mol. The molecule has 3 aromatic rings. The minimum atomic E-state index is -0.982. The lowest BCUT2D eigenvalue weighted by atomic mass is 9.90. The maximum Gasteiger partial charge on any atom is 0.321 e. The number of primary amides is 1. The average Bonchev–Trinajstić information content (AvgIpc) is 3.41. The van der Waals surface area contributed by atoms with Crippen molar-refractivity contribution in [2.24, 2.45) is 23.5 Å². The van der Waals surface area contributed by atoms with Crippen LogP contribution in [0.4, 0.5) is 4.79 Å². The van der Waals surface area contributed by atoms with Crippen LogP contribution in [0.2, 0.25) is 0 Å². The molecule has 4 aliphatic rings. The molecule has 3 N–H and O–H groups in total. The third-order valence-electron chi connectivity index (χ3n) is 11.1. The van der Waals surface area contributed by atoms with Crippen LogP contribution in [0.3, 0.4) is 0 Å². The molecule has 12 heteroatoms. The van der Waals surface area contributed by atoms with Crippen LogP contribution in [-0.4, -0.2) is 64.3 Å². The van der Waals surface area contributed by atoms with Gasteiger partial charge in [0.1, 0.15) is 29.4 Å². The number of thiazole rings is 1. The molecule has 264 valence electrons. The van der Waals surface area contributed by atoms with Gasteiger partial charge in [0, 0.05) is 40.8 Å². The van der Waals surface area contributed by atoms with Crippen LogP contribution < -0.4 is 20.5 Å². The number of imide groups is 1. The Balaban J connectivity index is 1.22. The lowest BCUT2D eigenvalue weighted by Crippen LogP contribution is -2.49. The molecule has 1 aromatic carbocycles. The van der Waals surface area contributed by atoms with Crippen LogP contribution in [0.1, 0.15) is 87.1 Å². The first-order chi connectivity index (χ1) is 24.2. The largest absolute Gasteiger partial charge is 0.496 e. The number of hydrogen-bond acceptors (Lipinski definition) is 9. The summed E-state index contributed by atoms with van der Waals surface area (Å²) in [6.45, 7) is 2.13. The van der Waals surface area contributed by atoms with Gasteiger partial charge in [-0.15, -0.1) is 11.3 Å². The minimum absolute atomic E-state index is 0.0808. The molecular formula is C38H45N5O6S. The molecule has 2 aromatic heterocycles. The number of pyridine rings is 1. The van der Waals surface area contributed by atoms with Crippen LogP contribution in [0, 0.1) is 24.7 Å². The van der Waals surface area contributed by atoms with E-state index >= 15 is 0 Å². The van der Waals surface area contributed by atoms with Gasteiger partial charge in [-0.05, 0) is 70.4 Å². The van der Waals surface area contributed by atoms with E-state index in [0.717, 1.165) is 64.0 Å². The summed E-state index contributed by atoms with van der Waals surface area (Å²) in [5.41, 5.74) is 7.76. The quantitative estimate of drug-likeness (QED) is 0.227. The molecule has 0 bridgehead atoms. The van der Waals surface area contributed by atoms with Gasteiger partial charge < -0.3 is 25.3 Å². The number of fused-ring (bicyclic) bond motifs is 3. The van der Waals surface area contributed by atoms with Crippen molar-refractivity contribution in [3.05, 3.63) is 46.3 Å². The smallest absolute Gasteiger partial charge is 0.321 e. The molecule has 0 saturated heterocycles. The van der Waals surface area contributed by atoms with Gasteiger partial charge in [0.25, 0.3) is 0 Å². The number of allylic oxidation sites excluding steroid dienone is 1. The highest BCUT2D eigenvalue weighted by atomic mass is 32.1. The Morgan fingerprint density at radius 1 is 1.06 bits per heavy atom. The molecule has 1 aliphatic heterocycles. The molecule has 3 aliphatic carbocycles. The zero-order valence-corrected chi connectivity index (χ0v) is 29.5. The molecule has 5 unspecified atom stereocenters. The summed E-state index contributed by atoms with van der Waals surface area (Å²) in [7, 11) is 1.63. The first-order valence-electron chi connectivity index (χ1n) is 17.9. The number of aryl methyl sites for hydroxylation is 1. The number of nitrogens with one attached hydrogen (secondary N) is 1.